The topological polar surface area (TPSA) is 73.3 Å². The lowest BCUT2D eigenvalue weighted by Crippen LogP contribution is -2.32. The van der Waals surface area contributed by atoms with Crippen molar-refractivity contribution in [2.24, 2.45) is 0 Å². The van der Waals surface area contributed by atoms with Gasteiger partial charge in [0, 0.05) is 10.6 Å². The van der Waals surface area contributed by atoms with Crippen LogP contribution in [0.15, 0.2) is 48.5 Å². The van der Waals surface area contributed by atoms with Gasteiger partial charge in [-0.15, -0.1) is 10.2 Å². The summed E-state index contributed by atoms with van der Waals surface area (Å²) in [7, 11) is 1.60. The minimum absolute atomic E-state index is 0.271. The lowest BCUT2D eigenvalue weighted by Gasteiger charge is -2.16. The summed E-state index contributed by atoms with van der Waals surface area (Å²) < 4.78 is 10.9. The van der Waals surface area contributed by atoms with Crippen LogP contribution in [0, 0.1) is 0 Å². The van der Waals surface area contributed by atoms with Crippen LogP contribution in [0.5, 0.6) is 11.5 Å². The second kappa shape index (κ2) is 8.83. The third-order valence-electron chi connectivity index (χ3n) is 3.75. The summed E-state index contributed by atoms with van der Waals surface area (Å²) in [5, 5.41) is 12.7. The molecule has 140 valence electrons. The Morgan fingerprint density at radius 2 is 1.78 bits per heavy atom. The van der Waals surface area contributed by atoms with Crippen molar-refractivity contribution in [1.82, 2.24) is 10.2 Å². The normalized spacial score (nSPS) is 11.7. The van der Waals surface area contributed by atoms with Gasteiger partial charge in [0.1, 0.15) is 16.5 Å². The third-order valence-corrected chi connectivity index (χ3v) is 4.89. The third kappa shape index (κ3) is 4.96. The lowest BCUT2D eigenvalue weighted by molar-refractivity contribution is -0.122. The van der Waals surface area contributed by atoms with Crippen LogP contribution in [-0.4, -0.2) is 29.3 Å². The number of methoxy groups -OCH3 is 1. The van der Waals surface area contributed by atoms with Gasteiger partial charge in [0.2, 0.25) is 5.13 Å². The van der Waals surface area contributed by atoms with Crippen molar-refractivity contribution in [2.45, 2.75) is 19.4 Å². The molecule has 1 atom stereocenters. The van der Waals surface area contributed by atoms with Crippen molar-refractivity contribution in [2.75, 3.05) is 12.4 Å². The number of hydrogen-bond acceptors (Lipinski definition) is 6. The van der Waals surface area contributed by atoms with Crippen molar-refractivity contribution in [3.05, 3.63) is 53.6 Å². The lowest BCUT2D eigenvalue weighted by atomic mass is 10.2. The zero-order valence-electron chi connectivity index (χ0n) is 14.8. The summed E-state index contributed by atoms with van der Waals surface area (Å²) in [5.41, 5.74) is 0.888. The van der Waals surface area contributed by atoms with Crippen molar-refractivity contribution in [1.29, 1.82) is 0 Å². The van der Waals surface area contributed by atoms with Crippen LogP contribution in [0.4, 0.5) is 5.13 Å². The maximum absolute atomic E-state index is 12.5. The molecular weight excluding hydrogens is 386 g/mol. The number of rotatable bonds is 7. The van der Waals surface area contributed by atoms with E-state index in [9.17, 15) is 4.79 Å². The van der Waals surface area contributed by atoms with E-state index in [1.807, 2.05) is 19.1 Å². The first-order valence-electron chi connectivity index (χ1n) is 8.30. The first-order chi connectivity index (χ1) is 13.1. The number of anilines is 1. The second-order valence-corrected chi connectivity index (χ2v) is 7.01. The monoisotopic (exact) mass is 403 g/mol. The molecule has 0 bridgehead atoms. The highest BCUT2D eigenvalue weighted by Crippen LogP contribution is 2.27. The zero-order chi connectivity index (χ0) is 19.2. The van der Waals surface area contributed by atoms with Gasteiger partial charge >= 0.3 is 0 Å². The predicted molar refractivity (Wildman–Crippen MR) is 107 cm³/mol. The average Bonchev–Trinajstić information content (AvgIpc) is 3.15. The molecule has 0 saturated carbocycles. The van der Waals surface area contributed by atoms with Gasteiger partial charge in [-0.25, -0.2) is 0 Å². The van der Waals surface area contributed by atoms with Gasteiger partial charge < -0.3 is 9.47 Å². The van der Waals surface area contributed by atoms with E-state index < -0.39 is 6.10 Å². The van der Waals surface area contributed by atoms with Crippen molar-refractivity contribution in [3.63, 3.8) is 0 Å². The molecule has 27 heavy (non-hydrogen) atoms. The van der Waals surface area contributed by atoms with Gasteiger partial charge in [0.25, 0.3) is 5.91 Å². The highest BCUT2D eigenvalue weighted by atomic mass is 35.5. The van der Waals surface area contributed by atoms with Crippen LogP contribution >= 0.6 is 22.9 Å². The van der Waals surface area contributed by atoms with E-state index in [1.165, 1.54) is 11.3 Å². The number of aromatic nitrogens is 2. The fraction of sp³-hybridized carbons (Fsp3) is 0.211. The fourth-order valence-corrected chi connectivity index (χ4v) is 3.19. The van der Waals surface area contributed by atoms with Gasteiger partial charge in [-0.3, -0.25) is 10.1 Å². The molecule has 0 spiro atoms. The molecule has 1 amide bonds. The number of halogens is 1. The Morgan fingerprint density at radius 3 is 2.41 bits per heavy atom. The molecule has 0 aliphatic rings. The first kappa shape index (κ1) is 19.1. The van der Waals surface area contributed by atoms with E-state index in [1.54, 1.807) is 43.5 Å². The van der Waals surface area contributed by atoms with Crippen LogP contribution in [0.1, 0.15) is 13.3 Å². The first-order valence-corrected chi connectivity index (χ1v) is 9.49. The van der Waals surface area contributed by atoms with Crippen molar-refractivity contribution < 1.29 is 14.3 Å². The van der Waals surface area contributed by atoms with Crippen LogP contribution in [0.3, 0.4) is 0 Å². The summed E-state index contributed by atoms with van der Waals surface area (Å²) in [4.78, 5) is 12.5. The average molecular weight is 404 g/mol. The zero-order valence-corrected chi connectivity index (χ0v) is 16.4. The van der Waals surface area contributed by atoms with Crippen LogP contribution in [-0.2, 0) is 4.79 Å². The molecule has 1 N–H and O–H groups in total. The Kier molecular flexibility index (Phi) is 6.26. The smallest absolute Gasteiger partial charge is 0.267 e. The van der Waals surface area contributed by atoms with Crippen LogP contribution in [0.2, 0.25) is 5.02 Å². The molecule has 2 aromatic carbocycles. The molecule has 8 heteroatoms. The molecule has 0 unspecified atom stereocenters. The highest BCUT2D eigenvalue weighted by Gasteiger charge is 2.20. The van der Waals surface area contributed by atoms with Gasteiger partial charge in [-0.1, -0.05) is 42.0 Å². The molecule has 0 fully saturated rings. The standard InChI is InChI=1S/C19H18ClN3O3S/c1-3-16(26-15-10-8-14(25-2)9-11-15)17(24)21-19-23-22-18(27-19)12-4-6-13(20)7-5-12/h4-11,16H,3H2,1-2H3,(H,21,23,24)/t16-/m1/s1. The van der Waals surface area contributed by atoms with Crippen molar-refractivity contribution in [3.8, 4) is 22.1 Å². The summed E-state index contributed by atoms with van der Waals surface area (Å²) in [6, 6.07) is 14.4. The molecule has 0 saturated heterocycles. The van der Waals surface area contributed by atoms with E-state index in [2.05, 4.69) is 15.5 Å². The van der Waals surface area contributed by atoms with E-state index in [-0.39, 0.29) is 5.91 Å². The van der Waals surface area contributed by atoms with Gasteiger partial charge in [-0.05, 0) is 42.8 Å². The Labute approximate surface area is 166 Å². The molecule has 1 aromatic heterocycles. The Balaban J connectivity index is 1.65. The number of carbonyl (C=O) groups excluding carboxylic acids is 1. The van der Waals surface area contributed by atoms with Crippen LogP contribution in [0.25, 0.3) is 10.6 Å². The van der Waals surface area contributed by atoms with Gasteiger partial charge in [0.05, 0.1) is 7.11 Å². The maximum atomic E-state index is 12.5. The molecule has 0 aliphatic carbocycles. The van der Waals surface area contributed by atoms with E-state index >= 15 is 0 Å². The summed E-state index contributed by atoms with van der Waals surface area (Å²) >= 11 is 7.19. The largest absolute Gasteiger partial charge is 0.497 e. The Bertz CT molecular complexity index is 897. The summed E-state index contributed by atoms with van der Waals surface area (Å²) in [6.07, 6.45) is -0.123. The molecule has 0 radical (unpaired) electrons. The van der Waals surface area contributed by atoms with E-state index in [0.29, 0.717) is 27.3 Å². The molecule has 3 aromatic rings. The van der Waals surface area contributed by atoms with Crippen LogP contribution < -0.4 is 14.8 Å². The molecular formula is C19H18ClN3O3S. The minimum atomic E-state index is -0.638. The highest BCUT2D eigenvalue weighted by molar-refractivity contribution is 7.18. The number of benzene rings is 2. The number of hydrogen-bond donors (Lipinski definition) is 1. The van der Waals surface area contributed by atoms with Gasteiger partial charge in [-0.2, -0.15) is 0 Å². The fourth-order valence-electron chi connectivity index (χ4n) is 2.31. The molecule has 6 nitrogen and oxygen atoms in total. The van der Waals surface area contributed by atoms with Crippen molar-refractivity contribution >= 4 is 34.0 Å². The molecule has 3 rings (SSSR count). The SMILES string of the molecule is CC[C@@H](Oc1ccc(OC)cc1)C(=O)Nc1nnc(-c2ccc(Cl)cc2)s1. The number of carbonyl (C=O) groups is 1. The Hall–Kier alpha value is -2.64. The summed E-state index contributed by atoms with van der Waals surface area (Å²) in [6.45, 7) is 1.88. The number of ether oxygens (including phenoxy) is 2. The maximum Gasteiger partial charge on any atom is 0.267 e. The molecule has 0 aliphatic heterocycles. The Morgan fingerprint density at radius 1 is 1.11 bits per heavy atom. The molecule has 1 heterocycles. The number of nitrogens with one attached hydrogen (secondary N) is 1. The number of amides is 1. The predicted octanol–water partition coefficient (Wildman–Crippen LogP) is 4.66. The second-order valence-electron chi connectivity index (χ2n) is 5.60. The van der Waals surface area contributed by atoms with E-state index in [0.717, 1.165) is 11.3 Å². The van der Waals surface area contributed by atoms with E-state index in [4.69, 9.17) is 21.1 Å². The number of nitrogens with zero attached hydrogens (tertiary/aromatic N) is 2. The minimum Gasteiger partial charge on any atom is -0.497 e. The summed E-state index contributed by atoms with van der Waals surface area (Å²) in [5.74, 6) is 1.05. The quantitative estimate of drug-likeness (QED) is 0.620. The van der Waals surface area contributed by atoms with Gasteiger partial charge in [0.15, 0.2) is 6.10 Å².